The third-order valence-corrected chi connectivity index (χ3v) is 10.0. The van der Waals surface area contributed by atoms with Gasteiger partial charge >= 0.3 is 0 Å². The van der Waals surface area contributed by atoms with E-state index in [1.54, 1.807) is 0 Å². The average Bonchev–Trinajstić information content (AvgIpc) is 3.56. The van der Waals surface area contributed by atoms with Crippen LogP contribution in [0.1, 0.15) is 94.7 Å². The highest BCUT2D eigenvalue weighted by atomic mass is 15.1. The van der Waals surface area contributed by atoms with Crippen molar-refractivity contribution in [1.82, 2.24) is 14.8 Å². The highest BCUT2D eigenvalue weighted by Crippen LogP contribution is 2.46. The molecule has 214 valence electrons. The molecule has 1 aromatic heterocycles. The molecule has 0 saturated carbocycles. The van der Waals surface area contributed by atoms with Crippen molar-refractivity contribution in [3.05, 3.63) is 65.9 Å². The maximum absolute atomic E-state index is 5.40. The third-order valence-electron chi connectivity index (χ3n) is 10.0. The number of nitrogens with zero attached hydrogens (tertiary/aromatic N) is 3. The van der Waals surface area contributed by atoms with E-state index >= 15 is 0 Å². The second-order valence-corrected chi connectivity index (χ2v) is 12.8. The normalized spacial score (nSPS) is 19.6. The number of unbranched alkanes of at least 4 members (excludes halogenated alkanes) is 3. The molecule has 3 aliphatic rings. The van der Waals surface area contributed by atoms with Crippen LogP contribution in [0, 0.1) is 0 Å². The Hall–Kier alpha value is -2.43. The predicted octanol–water partition coefficient (Wildman–Crippen LogP) is 8.44. The monoisotopic (exact) mass is 538 g/mol. The fourth-order valence-electron chi connectivity index (χ4n) is 7.66. The highest BCUT2D eigenvalue weighted by Gasteiger charge is 2.42. The molecule has 3 aliphatic heterocycles. The van der Waals surface area contributed by atoms with Crippen molar-refractivity contribution in [2.24, 2.45) is 4.99 Å². The first kappa shape index (κ1) is 27.7. The number of aryl methyl sites for hydroxylation is 1. The van der Waals surface area contributed by atoms with Crippen molar-refractivity contribution in [1.29, 1.82) is 0 Å². The Labute approximate surface area is 242 Å². The number of aromatic nitrogens is 1. The SMILES string of the molecule is c1ccc2c(c1)N=C(CCCCCCc1cc3ccccc3[nH]1)C2(CCN1CCCCC1)CCN1CCCCC1. The van der Waals surface area contributed by atoms with Crippen molar-refractivity contribution in [2.45, 2.75) is 95.3 Å². The lowest BCUT2D eigenvalue weighted by atomic mass is 9.70. The molecule has 0 atom stereocenters. The zero-order valence-corrected chi connectivity index (χ0v) is 24.7. The summed E-state index contributed by atoms with van der Waals surface area (Å²) in [7, 11) is 0. The van der Waals surface area contributed by atoms with Gasteiger partial charge in [0.2, 0.25) is 0 Å². The van der Waals surface area contributed by atoms with Crippen molar-refractivity contribution in [2.75, 3.05) is 39.3 Å². The number of nitrogens with one attached hydrogen (secondary N) is 1. The van der Waals surface area contributed by atoms with E-state index in [1.165, 1.54) is 150 Å². The number of aromatic amines is 1. The van der Waals surface area contributed by atoms with E-state index in [9.17, 15) is 0 Å². The molecule has 4 heterocycles. The molecule has 2 saturated heterocycles. The summed E-state index contributed by atoms with van der Waals surface area (Å²) in [5.74, 6) is 0. The summed E-state index contributed by atoms with van der Waals surface area (Å²) in [4.78, 5) is 14.5. The lowest BCUT2D eigenvalue weighted by Crippen LogP contribution is -2.42. The number of likely N-dealkylation sites (tertiary alicyclic amines) is 2. The maximum Gasteiger partial charge on any atom is 0.0670 e. The largest absolute Gasteiger partial charge is 0.358 e. The minimum absolute atomic E-state index is 0.121. The van der Waals surface area contributed by atoms with Crippen LogP contribution in [-0.2, 0) is 11.8 Å². The third kappa shape index (κ3) is 6.55. The summed E-state index contributed by atoms with van der Waals surface area (Å²) in [5, 5.41) is 1.33. The van der Waals surface area contributed by atoms with Crippen molar-refractivity contribution >= 4 is 22.3 Å². The van der Waals surface area contributed by atoms with Crippen LogP contribution in [0.2, 0.25) is 0 Å². The molecule has 4 nitrogen and oxygen atoms in total. The molecule has 2 fully saturated rings. The van der Waals surface area contributed by atoms with E-state index in [0.29, 0.717) is 0 Å². The van der Waals surface area contributed by atoms with Gasteiger partial charge in [0.15, 0.2) is 0 Å². The summed E-state index contributed by atoms with van der Waals surface area (Å²) >= 11 is 0. The number of benzene rings is 2. The van der Waals surface area contributed by atoms with Crippen LogP contribution in [0.15, 0.2) is 59.6 Å². The second kappa shape index (κ2) is 13.5. The smallest absolute Gasteiger partial charge is 0.0670 e. The predicted molar refractivity (Wildman–Crippen MR) is 170 cm³/mol. The van der Waals surface area contributed by atoms with Gasteiger partial charge in [0.25, 0.3) is 0 Å². The van der Waals surface area contributed by atoms with Gasteiger partial charge in [-0.25, -0.2) is 0 Å². The van der Waals surface area contributed by atoms with Crippen LogP contribution in [0.25, 0.3) is 10.9 Å². The van der Waals surface area contributed by atoms with E-state index in [1.807, 2.05) is 0 Å². The Bertz CT molecular complexity index is 1190. The molecular formula is C36H50N4. The zero-order valence-electron chi connectivity index (χ0n) is 24.7. The Morgan fingerprint density at radius 3 is 2.00 bits per heavy atom. The standard InChI is InChI=1S/C36H50N4/c1(5-16-31-29-30-15-7-9-18-33(30)37-31)2-6-20-35-36(21-27-39-23-11-3-12-24-39,22-28-40-25-13-4-14-26-40)32-17-8-10-19-34(32)38-35/h7-10,15,17-19,29,37H,1-6,11-14,16,20-28H2. The number of para-hydroxylation sites is 2. The van der Waals surface area contributed by atoms with Gasteiger partial charge in [-0.3, -0.25) is 4.99 Å². The molecule has 40 heavy (non-hydrogen) atoms. The van der Waals surface area contributed by atoms with Crippen LogP contribution < -0.4 is 0 Å². The van der Waals surface area contributed by atoms with Gasteiger partial charge in [0, 0.05) is 22.3 Å². The van der Waals surface area contributed by atoms with Crippen molar-refractivity contribution in [3.63, 3.8) is 0 Å². The van der Waals surface area contributed by atoms with Crippen LogP contribution in [-0.4, -0.2) is 59.8 Å². The van der Waals surface area contributed by atoms with Gasteiger partial charge in [-0.2, -0.15) is 0 Å². The molecule has 4 heteroatoms. The fourth-order valence-corrected chi connectivity index (χ4v) is 7.66. The van der Waals surface area contributed by atoms with Gasteiger partial charge in [-0.1, -0.05) is 62.1 Å². The first-order valence-corrected chi connectivity index (χ1v) is 16.5. The summed E-state index contributed by atoms with van der Waals surface area (Å²) in [6.45, 7) is 7.58. The molecule has 0 amide bonds. The Balaban J connectivity index is 1.09. The Morgan fingerprint density at radius 2 is 1.30 bits per heavy atom. The molecule has 1 N–H and O–H groups in total. The molecule has 3 aromatic rings. The molecule has 0 radical (unpaired) electrons. The van der Waals surface area contributed by atoms with E-state index in [2.05, 4.69) is 69.4 Å². The van der Waals surface area contributed by atoms with E-state index in [-0.39, 0.29) is 5.41 Å². The number of H-pyrrole nitrogens is 1. The number of hydrogen-bond acceptors (Lipinski definition) is 3. The minimum atomic E-state index is 0.121. The highest BCUT2D eigenvalue weighted by molar-refractivity contribution is 6.01. The number of piperidine rings is 2. The van der Waals surface area contributed by atoms with Gasteiger partial charge in [-0.05, 0) is 133 Å². The average molecular weight is 539 g/mol. The van der Waals surface area contributed by atoms with E-state index < -0.39 is 0 Å². The van der Waals surface area contributed by atoms with Crippen LogP contribution in [0.3, 0.4) is 0 Å². The van der Waals surface area contributed by atoms with Crippen LogP contribution in [0.5, 0.6) is 0 Å². The lowest BCUT2D eigenvalue weighted by Gasteiger charge is -2.38. The topological polar surface area (TPSA) is 34.6 Å². The Kier molecular flexibility index (Phi) is 9.35. The number of fused-ring (bicyclic) bond motifs is 2. The van der Waals surface area contributed by atoms with Crippen LogP contribution in [0.4, 0.5) is 5.69 Å². The van der Waals surface area contributed by atoms with E-state index in [0.717, 1.165) is 12.8 Å². The fraction of sp³-hybridized carbons (Fsp3) is 0.583. The second-order valence-electron chi connectivity index (χ2n) is 12.8. The summed E-state index contributed by atoms with van der Waals surface area (Å²) in [6, 6.07) is 20.1. The molecule has 6 rings (SSSR count). The maximum atomic E-state index is 5.40. The minimum Gasteiger partial charge on any atom is -0.358 e. The van der Waals surface area contributed by atoms with Crippen molar-refractivity contribution < 1.29 is 0 Å². The van der Waals surface area contributed by atoms with Gasteiger partial charge < -0.3 is 14.8 Å². The molecule has 0 unspecified atom stereocenters. The van der Waals surface area contributed by atoms with Gasteiger partial charge in [-0.15, -0.1) is 0 Å². The summed E-state index contributed by atoms with van der Waals surface area (Å²) in [6.07, 6.45) is 18.2. The number of hydrogen-bond donors (Lipinski definition) is 1. The molecule has 2 aromatic carbocycles. The molecule has 0 aliphatic carbocycles. The lowest BCUT2D eigenvalue weighted by molar-refractivity contribution is 0.192. The quantitative estimate of drug-likeness (QED) is 0.222. The van der Waals surface area contributed by atoms with E-state index in [4.69, 9.17) is 4.99 Å². The first-order valence-electron chi connectivity index (χ1n) is 16.5. The zero-order chi connectivity index (χ0) is 27.0. The first-order chi connectivity index (χ1) is 19.8. The molecule has 0 spiro atoms. The van der Waals surface area contributed by atoms with Crippen LogP contribution >= 0.6 is 0 Å². The Morgan fingerprint density at radius 1 is 0.675 bits per heavy atom. The van der Waals surface area contributed by atoms with Crippen molar-refractivity contribution in [3.8, 4) is 0 Å². The van der Waals surface area contributed by atoms with Gasteiger partial charge in [0.1, 0.15) is 0 Å². The summed E-state index contributed by atoms with van der Waals surface area (Å²) in [5.41, 5.74) is 7.05. The number of aliphatic imine (C=N–C) groups is 1. The molecular weight excluding hydrogens is 488 g/mol. The van der Waals surface area contributed by atoms with Gasteiger partial charge in [0.05, 0.1) is 5.69 Å². The molecule has 0 bridgehead atoms. The number of rotatable bonds is 13. The summed E-state index contributed by atoms with van der Waals surface area (Å²) < 4.78 is 0.